The van der Waals surface area contributed by atoms with Gasteiger partial charge in [0.1, 0.15) is 0 Å². The van der Waals surface area contributed by atoms with E-state index in [0.29, 0.717) is 11.4 Å². The van der Waals surface area contributed by atoms with Crippen LogP contribution in [0.1, 0.15) is 6.92 Å². The highest BCUT2D eigenvalue weighted by molar-refractivity contribution is 8.00. The fraction of sp³-hybridized carbons (Fsp3) is 0.333. The quantitative estimate of drug-likeness (QED) is 0.369. The molecule has 1 aromatic carbocycles. The molecule has 1 aromatic heterocycles. The minimum Gasteiger partial charge on any atom is -0.258 e. The molecular weight excluding hydrogens is 266 g/mol. The van der Waals surface area contributed by atoms with Crippen molar-refractivity contribution >= 4 is 40.1 Å². The summed E-state index contributed by atoms with van der Waals surface area (Å²) in [6.07, 6.45) is 0. The number of alkyl halides is 1. The van der Waals surface area contributed by atoms with Crippen molar-refractivity contribution in [2.24, 2.45) is 0 Å². The number of aromatic nitrogens is 2. The van der Waals surface area contributed by atoms with Crippen molar-refractivity contribution in [3.05, 3.63) is 22.2 Å². The minimum absolute atomic E-state index is 0.107. The van der Waals surface area contributed by atoms with Gasteiger partial charge in [0.25, 0.3) is 0 Å². The zero-order valence-corrected chi connectivity index (χ0v) is 10.4. The van der Waals surface area contributed by atoms with Gasteiger partial charge in [0.2, 0.25) is 5.52 Å². The Kier molecular flexibility index (Phi) is 3.49. The lowest BCUT2D eigenvalue weighted by atomic mass is 10.3. The van der Waals surface area contributed by atoms with Crippen LogP contribution in [0.5, 0.6) is 0 Å². The molecule has 90 valence electrons. The van der Waals surface area contributed by atoms with Crippen molar-refractivity contribution in [2.45, 2.75) is 17.1 Å². The molecule has 8 heteroatoms. The van der Waals surface area contributed by atoms with Crippen molar-refractivity contribution in [1.82, 2.24) is 10.3 Å². The molecule has 0 aliphatic heterocycles. The summed E-state index contributed by atoms with van der Waals surface area (Å²) in [6, 6.07) is 3.04. The van der Waals surface area contributed by atoms with Crippen molar-refractivity contribution in [3.63, 3.8) is 0 Å². The van der Waals surface area contributed by atoms with Gasteiger partial charge in [0, 0.05) is 22.1 Å². The van der Waals surface area contributed by atoms with Crippen LogP contribution in [0.2, 0.25) is 0 Å². The molecule has 6 nitrogen and oxygen atoms in total. The Morgan fingerprint density at radius 1 is 1.53 bits per heavy atom. The maximum Gasteiger partial charge on any atom is 0.300 e. The predicted molar refractivity (Wildman–Crippen MR) is 64.5 cm³/mol. The molecular formula is C9H8ClN3O3S. The van der Waals surface area contributed by atoms with Crippen LogP contribution in [0, 0.1) is 10.1 Å². The number of hydrogen-bond donors (Lipinski definition) is 0. The number of nitro benzene ring substituents is 1. The number of nitro groups is 1. The number of nitrogens with zero attached hydrogens (tertiary/aromatic N) is 3. The van der Waals surface area contributed by atoms with E-state index < -0.39 is 4.92 Å². The van der Waals surface area contributed by atoms with Crippen LogP contribution < -0.4 is 0 Å². The van der Waals surface area contributed by atoms with Crippen LogP contribution in [0.3, 0.4) is 0 Å². The van der Waals surface area contributed by atoms with E-state index in [1.807, 2.05) is 6.92 Å². The maximum atomic E-state index is 10.8. The highest BCUT2D eigenvalue weighted by Gasteiger charge is 2.20. The van der Waals surface area contributed by atoms with Crippen LogP contribution in [-0.2, 0) is 0 Å². The number of rotatable bonds is 4. The van der Waals surface area contributed by atoms with Crippen LogP contribution in [-0.4, -0.2) is 26.4 Å². The summed E-state index contributed by atoms with van der Waals surface area (Å²) in [4.78, 5) is 11.0. The van der Waals surface area contributed by atoms with E-state index in [0.717, 1.165) is 4.90 Å². The summed E-state index contributed by atoms with van der Waals surface area (Å²) in [5, 5.41) is 18.2. The van der Waals surface area contributed by atoms with Gasteiger partial charge in [-0.25, -0.2) is 4.63 Å². The van der Waals surface area contributed by atoms with Crippen molar-refractivity contribution in [3.8, 4) is 0 Å². The molecule has 0 aliphatic carbocycles. The third-order valence-corrected chi connectivity index (χ3v) is 3.90. The lowest BCUT2D eigenvalue weighted by molar-refractivity contribution is -0.383. The second kappa shape index (κ2) is 4.89. The molecule has 0 fully saturated rings. The van der Waals surface area contributed by atoms with Gasteiger partial charge in [-0.2, -0.15) is 0 Å². The summed E-state index contributed by atoms with van der Waals surface area (Å²) in [5.74, 6) is 0.481. The van der Waals surface area contributed by atoms with Gasteiger partial charge in [0.05, 0.1) is 4.92 Å². The van der Waals surface area contributed by atoms with Gasteiger partial charge in [0.15, 0.2) is 5.52 Å². The summed E-state index contributed by atoms with van der Waals surface area (Å²) >= 11 is 7.20. The molecule has 0 saturated carbocycles. The third kappa shape index (κ3) is 2.34. The van der Waals surface area contributed by atoms with Gasteiger partial charge in [-0.1, -0.05) is 6.92 Å². The van der Waals surface area contributed by atoms with E-state index in [2.05, 4.69) is 14.9 Å². The molecule has 0 N–H and O–H groups in total. The molecule has 0 amide bonds. The van der Waals surface area contributed by atoms with E-state index in [1.165, 1.54) is 17.8 Å². The average Bonchev–Trinajstić information content (AvgIpc) is 2.77. The summed E-state index contributed by atoms with van der Waals surface area (Å²) in [7, 11) is 0. The monoisotopic (exact) mass is 273 g/mol. The van der Waals surface area contributed by atoms with Crippen LogP contribution >= 0.6 is 23.4 Å². The zero-order chi connectivity index (χ0) is 12.4. The molecule has 0 saturated heterocycles. The molecule has 17 heavy (non-hydrogen) atoms. The molecule has 0 spiro atoms. The first-order chi connectivity index (χ1) is 8.13. The average molecular weight is 274 g/mol. The van der Waals surface area contributed by atoms with E-state index in [4.69, 9.17) is 11.6 Å². The summed E-state index contributed by atoms with van der Waals surface area (Å²) in [5.41, 5.74) is 0.465. The zero-order valence-electron chi connectivity index (χ0n) is 8.79. The van der Waals surface area contributed by atoms with E-state index in [1.54, 1.807) is 6.07 Å². The highest BCUT2D eigenvalue weighted by Crippen LogP contribution is 2.33. The standard InChI is InChI=1S/C9H8ClN3O3S/c1-5(4-10)17-7-3-2-6(13(14)15)8-9(7)12-16-11-8/h2-3,5H,4H2,1H3. The fourth-order valence-corrected chi connectivity index (χ4v) is 2.40. The Hall–Kier alpha value is -1.34. The third-order valence-electron chi connectivity index (χ3n) is 2.10. The summed E-state index contributed by atoms with van der Waals surface area (Å²) in [6.45, 7) is 1.96. The van der Waals surface area contributed by atoms with Crippen molar-refractivity contribution < 1.29 is 9.55 Å². The highest BCUT2D eigenvalue weighted by atomic mass is 35.5. The molecule has 2 rings (SSSR count). The van der Waals surface area contributed by atoms with E-state index in [-0.39, 0.29) is 16.5 Å². The number of halogens is 1. The number of fused-ring (bicyclic) bond motifs is 1. The van der Waals surface area contributed by atoms with Crippen LogP contribution in [0.4, 0.5) is 5.69 Å². The molecule has 0 radical (unpaired) electrons. The molecule has 0 bridgehead atoms. The number of benzene rings is 1. The Bertz CT molecular complexity index is 559. The Morgan fingerprint density at radius 3 is 2.88 bits per heavy atom. The van der Waals surface area contributed by atoms with Crippen LogP contribution in [0.15, 0.2) is 21.7 Å². The van der Waals surface area contributed by atoms with Gasteiger partial charge in [-0.15, -0.1) is 23.4 Å². The van der Waals surface area contributed by atoms with Crippen molar-refractivity contribution in [1.29, 1.82) is 0 Å². The molecule has 1 unspecified atom stereocenters. The first-order valence-corrected chi connectivity index (χ1v) is 6.17. The Balaban J connectivity index is 2.49. The minimum atomic E-state index is -0.508. The van der Waals surface area contributed by atoms with E-state index in [9.17, 15) is 10.1 Å². The Labute approximate surface area is 105 Å². The first kappa shape index (κ1) is 12.1. The topological polar surface area (TPSA) is 82.1 Å². The van der Waals surface area contributed by atoms with Gasteiger partial charge in [-0.3, -0.25) is 10.1 Å². The first-order valence-electron chi connectivity index (χ1n) is 4.75. The summed E-state index contributed by atoms with van der Waals surface area (Å²) < 4.78 is 4.56. The van der Waals surface area contributed by atoms with E-state index >= 15 is 0 Å². The molecule has 2 aromatic rings. The fourth-order valence-electron chi connectivity index (χ4n) is 1.32. The molecule has 1 heterocycles. The smallest absolute Gasteiger partial charge is 0.258 e. The van der Waals surface area contributed by atoms with Gasteiger partial charge >= 0.3 is 5.69 Å². The lowest BCUT2D eigenvalue weighted by Gasteiger charge is -2.06. The normalized spacial score (nSPS) is 12.8. The lowest BCUT2D eigenvalue weighted by Crippen LogP contribution is -1.97. The molecule has 1 atom stereocenters. The SMILES string of the molecule is CC(CCl)Sc1ccc([N+](=O)[O-])c2nonc12. The van der Waals surface area contributed by atoms with Crippen LogP contribution in [0.25, 0.3) is 11.0 Å². The van der Waals surface area contributed by atoms with Gasteiger partial charge in [-0.05, 0) is 16.4 Å². The molecule has 0 aliphatic rings. The number of thioether (sulfide) groups is 1. The van der Waals surface area contributed by atoms with Gasteiger partial charge < -0.3 is 0 Å². The number of non-ortho nitro benzene ring substituents is 1. The number of hydrogen-bond acceptors (Lipinski definition) is 6. The van der Waals surface area contributed by atoms with Crippen molar-refractivity contribution in [2.75, 3.05) is 5.88 Å². The second-order valence-corrected chi connectivity index (χ2v) is 5.17. The predicted octanol–water partition coefficient (Wildman–Crippen LogP) is 2.85. The largest absolute Gasteiger partial charge is 0.300 e. The maximum absolute atomic E-state index is 10.8. The Morgan fingerprint density at radius 2 is 2.24 bits per heavy atom. The second-order valence-electron chi connectivity index (χ2n) is 3.38.